The number of aromatic amines is 1. The molecule has 2 rings (SSSR count). The average Bonchev–Trinajstić information content (AvgIpc) is 2.59. The van der Waals surface area contributed by atoms with Crippen LogP contribution in [-0.2, 0) is 0 Å². The van der Waals surface area contributed by atoms with Gasteiger partial charge in [-0.2, -0.15) is 16.4 Å². The summed E-state index contributed by atoms with van der Waals surface area (Å²) in [5, 5.41) is 10.9. The van der Waals surface area contributed by atoms with Gasteiger partial charge < -0.3 is 5.48 Å². The normalized spacial score (nSPS) is 9.09. The van der Waals surface area contributed by atoms with Crippen LogP contribution in [0.1, 0.15) is 0 Å². The standard InChI is InChI=1S/C7H6N2S.H2O/c1-3-8-9-7(1)6-2-4-10-5-6;/h1-5H,(H,8,9);1H2. The van der Waals surface area contributed by atoms with Gasteiger partial charge in [-0.05, 0) is 17.5 Å². The van der Waals surface area contributed by atoms with Gasteiger partial charge in [0.15, 0.2) is 0 Å². The zero-order valence-electron chi connectivity index (χ0n) is 5.74. The van der Waals surface area contributed by atoms with Crippen molar-refractivity contribution in [2.45, 2.75) is 0 Å². The Balaban J connectivity index is 0.000000605. The molecule has 0 radical (unpaired) electrons. The Hall–Kier alpha value is -1.13. The van der Waals surface area contributed by atoms with E-state index in [1.807, 2.05) is 6.07 Å². The van der Waals surface area contributed by atoms with E-state index in [9.17, 15) is 0 Å². The van der Waals surface area contributed by atoms with Gasteiger partial charge in [-0.1, -0.05) is 0 Å². The number of nitrogens with zero attached hydrogens (tertiary/aromatic N) is 1. The second kappa shape index (κ2) is 3.32. The summed E-state index contributed by atoms with van der Waals surface area (Å²) in [6, 6.07) is 4.03. The summed E-state index contributed by atoms with van der Waals surface area (Å²) in [4.78, 5) is 0. The molecule has 0 aromatic carbocycles. The molecule has 58 valence electrons. The Kier molecular flexibility index (Phi) is 2.40. The van der Waals surface area contributed by atoms with Crippen LogP contribution in [0.3, 0.4) is 0 Å². The Morgan fingerprint density at radius 2 is 2.27 bits per heavy atom. The Morgan fingerprint density at radius 3 is 2.82 bits per heavy atom. The molecule has 2 aromatic rings. The molecule has 0 saturated carbocycles. The van der Waals surface area contributed by atoms with Crippen LogP contribution in [0.2, 0.25) is 0 Å². The quantitative estimate of drug-likeness (QED) is 0.685. The highest BCUT2D eigenvalue weighted by molar-refractivity contribution is 7.08. The molecule has 0 amide bonds. The maximum absolute atomic E-state index is 3.86. The van der Waals surface area contributed by atoms with Crippen molar-refractivity contribution in [3.8, 4) is 11.3 Å². The first-order valence-electron chi connectivity index (χ1n) is 2.99. The number of thiophene rings is 1. The fraction of sp³-hybridized carbons (Fsp3) is 0. The fourth-order valence-corrected chi connectivity index (χ4v) is 1.49. The largest absolute Gasteiger partial charge is 0.412 e. The van der Waals surface area contributed by atoms with E-state index >= 15 is 0 Å². The molecule has 0 fully saturated rings. The van der Waals surface area contributed by atoms with Crippen molar-refractivity contribution in [3.63, 3.8) is 0 Å². The number of aromatic nitrogens is 2. The highest BCUT2D eigenvalue weighted by atomic mass is 32.1. The van der Waals surface area contributed by atoms with Crippen LogP contribution in [0.5, 0.6) is 0 Å². The van der Waals surface area contributed by atoms with E-state index in [1.54, 1.807) is 17.5 Å². The van der Waals surface area contributed by atoms with Crippen molar-refractivity contribution in [3.05, 3.63) is 29.1 Å². The van der Waals surface area contributed by atoms with Gasteiger partial charge in [0.25, 0.3) is 0 Å². The van der Waals surface area contributed by atoms with E-state index in [0.717, 1.165) is 5.69 Å². The lowest BCUT2D eigenvalue weighted by atomic mass is 10.2. The number of nitrogens with one attached hydrogen (secondary N) is 1. The molecule has 0 atom stereocenters. The number of H-pyrrole nitrogens is 1. The van der Waals surface area contributed by atoms with Gasteiger partial charge in [0.2, 0.25) is 0 Å². The van der Waals surface area contributed by atoms with Crippen LogP contribution in [0.15, 0.2) is 29.1 Å². The molecule has 2 heterocycles. The molecule has 0 saturated heterocycles. The van der Waals surface area contributed by atoms with Gasteiger partial charge >= 0.3 is 0 Å². The average molecular weight is 168 g/mol. The van der Waals surface area contributed by atoms with Gasteiger partial charge in [-0.25, -0.2) is 0 Å². The lowest BCUT2D eigenvalue weighted by Crippen LogP contribution is -1.70. The third-order valence-electron chi connectivity index (χ3n) is 1.33. The summed E-state index contributed by atoms with van der Waals surface area (Å²) in [5.74, 6) is 0. The first kappa shape index (κ1) is 7.97. The van der Waals surface area contributed by atoms with Crippen molar-refractivity contribution < 1.29 is 5.48 Å². The first-order valence-corrected chi connectivity index (χ1v) is 3.93. The monoisotopic (exact) mass is 168 g/mol. The number of rotatable bonds is 1. The first-order chi connectivity index (χ1) is 4.97. The zero-order valence-corrected chi connectivity index (χ0v) is 6.56. The fourth-order valence-electron chi connectivity index (χ4n) is 0.834. The number of hydrogen-bond donors (Lipinski definition) is 1. The Morgan fingerprint density at radius 1 is 1.36 bits per heavy atom. The summed E-state index contributed by atoms with van der Waals surface area (Å²) in [6.07, 6.45) is 1.76. The van der Waals surface area contributed by atoms with Crippen molar-refractivity contribution in [1.29, 1.82) is 0 Å². The summed E-state index contributed by atoms with van der Waals surface area (Å²) in [6.45, 7) is 0. The smallest absolute Gasteiger partial charge is 0.0658 e. The summed E-state index contributed by atoms with van der Waals surface area (Å²) < 4.78 is 0. The van der Waals surface area contributed by atoms with E-state index in [0.29, 0.717) is 0 Å². The molecule has 0 aliphatic rings. The van der Waals surface area contributed by atoms with Gasteiger partial charge in [-0.15, -0.1) is 0 Å². The van der Waals surface area contributed by atoms with E-state index < -0.39 is 0 Å². The minimum atomic E-state index is 0. The second-order valence-corrected chi connectivity index (χ2v) is 2.76. The topological polar surface area (TPSA) is 60.2 Å². The minimum absolute atomic E-state index is 0. The molecule has 0 unspecified atom stereocenters. The SMILES string of the molecule is O.c1cc(-c2ccsc2)[nH]n1. The van der Waals surface area contributed by atoms with Crippen molar-refractivity contribution in [1.82, 2.24) is 10.2 Å². The van der Waals surface area contributed by atoms with Crippen LogP contribution in [0.4, 0.5) is 0 Å². The number of hydrogen-bond acceptors (Lipinski definition) is 2. The van der Waals surface area contributed by atoms with E-state index in [4.69, 9.17) is 0 Å². The summed E-state index contributed by atoms with van der Waals surface area (Å²) >= 11 is 1.69. The van der Waals surface area contributed by atoms with Crippen LogP contribution in [0, 0.1) is 0 Å². The maximum Gasteiger partial charge on any atom is 0.0658 e. The van der Waals surface area contributed by atoms with Gasteiger partial charge in [0, 0.05) is 17.1 Å². The lowest BCUT2D eigenvalue weighted by Gasteiger charge is -1.85. The molecular formula is C7H8N2OS. The lowest BCUT2D eigenvalue weighted by molar-refractivity contribution is 0.824. The van der Waals surface area contributed by atoms with Gasteiger partial charge in [-0.3, -0.25) is 5.10 Å². The molecule has 11 heavy (non-hydrogen) atoms. The van der Waals surface area contributed by atoms with Crippen LogP contribution >= 0.6 is 11.3 Å². The molecule has 0 aliphatic carbocycles. The van der Waals surface area contributed by atoms with Gasteiger partial charge in [0.1, 0.15) is 0 Å². The highest BCUT2D eigenvalue weighted by Crippen LogP contribution is 2.18. The van der Waals surface area contributed by atoms with E-state index in [1.165, 1.54) is 5.56 Å². The van der Waals surface area contributed by atoms with Crippen LogP contribution in [0.25, 0.3) is 11.3 Å². The van der Waals surface area contributed by atoms with Crippen LogP contribution < -0.4 is 0 Å². The third kappa shape index (κ3) is 1.47. The molecule has 0 bridgehead atoms. The molecular weight excluding hydrogens is 160 g/mol. The predicted octanol–water partition coefficient (Wildman–Crippen LogP) is 1.31. The van der Waals surface area contributed by atoms with Gasteiger partial charge in [0.05, 0.1) is 5.69 Å². The van der Waals surface area contributed by atoms with Crippen molar-refractivity contribution in [2.24, 2.45) is 0 Å². The van der Waals surface area contributed by atoms with E-state index in [2.05, 4.69) is 27.0 Å². The molecule has 3 nitrogen and oxygen atoms in total. The third-order valence-corrected chi connectivity index (χ3v) is 2.02. The highest BCUT2D eigenvalue weighted by Gasteiger charge is 1.95. The van der Waals surface area contributed by atoms with Crippen molar-refractivity contribution >= 4 is 11.3 Å². The Labute approximate surface area is 68.0 Å². The summed E-state index contributed by atoms with van der Waals surface area (Å²) in [7, 11) is 0. The minimum Gasteiger partial charge on any atom is -0.412 e. The van der Waals surface area contributed by atoms with Crippen LogP contribution in [-0.4, -0.2) is 15.7 Å². The summed E-state index contributed by atoms with van der Waals surface area (Å²) in [5.41, 5.74) is 2.30. The molecule has 3 N–H and O–H groups in total. The Bertz CT molecular complexity index is 256. The molecule has 4 heteroatoms. The predicted molar refractivity (Wildman–Crippen MR) is 45.5 cm³/mol. The molecule has 0 spiro atoms. The van der Waals surface area contributed by atoms with Crippen molar-refractivity contribution in [2.75, 3.05) is 0 Å². The molecule has 2 aromatic heterocycles. The zero-order chi connectivity index (χ0) is 6.81. The second-order valence-electron chi connectivity index (χ2n) is 1.98. The van der Waals surface area contributed by atoms with E-state index in [-0.39, 0.29) is 5.48 Å². The molecule has 0 aliphatic heterocycles. The maximum atomic E-state index is 3.86.